The monoisotopic (exact) mass is 301 g/mol. The van der Waals surface area contributed by atoms with Gasteiger partial charge in [-0.2, -0.15) is 9.97 Å². The van der Waals surface area contributed by atoms with Crippen molar-refractivity contribution in [3.05, 3.63) is 47.4 Å². The highest BCUT2D eigenvalue weighted by atomic mass is 35.5. The lowest BCUT2D eigenvalue weighted by atomic mass is 10.2. The van der Waals surface area contributed by atoms with Crippen molar-refractivity contribution in [2.75, 3.05) is 12.4 Å². The quantitative estimate of drug-likeness (QED) is 0.747. The van der Waals surface area contributed by atoms with Crippen molar-refractivity contribution in [2.45, 2.75) is 6.54 Å². The fourth-order valence-electron chi connectivity index (χ4n) is 1.83. The molecule has 0 aliphatic carbocycles. The number of halogens is 1. The van der Waals surface area contributed by atoms with Crippen LogP contribution in [0.4, 0.5) is 5.95 Å². The summed E-state index contributed by atoms with van der Waals surface area (Å²) >= 11 is 6.07. The Morgan fingerprint density at radius 3 is 2.62 bits per heavy atom. The van der Waals surface area contributed by atoms with E-state index in [0.29, 0.717) is 23.7 Å². The maximum absolute atomic E-state index is 6.07. The normalized spacial score (nSPS) is 10.6. The SMILES string of the molecule is COc1ccc(CNc2nc(Cl)c3nccnc3n2)cc1. The third kappa shape index (κ3) is 3.00. The van der Waals surface area contributed by atoms with Gasteiger partial charge in [-0.15, -0.1) is 0 Å². The average Bonchev–Trinajstić information content (AvgIpc) is 2.53. The molecule has 2 heterocycles. The zero-order valence-corrected chi connectivity index (χ0v) is 12.0. The number of nitrogens with zero attached hydrogens (tertiary/aromatic N) is 4. The molecule has 106 valence electrons. The topological polar surface area (TPSA) is 72.8 Å². The van der Waals surface area contributed by atoms with Gasteiger partial charge in [0.1, 0.15) is 11.3 Å². The van der Waals surface area contributed by atoms with E-state index < -0.39 is 0 Å². The lowest BCUT2D eigenvalue weighted by Gasteiger charge is -2.07. The number of nitrogens with one attached hydrogen (secondary N) is 1. The van der Waals surface area contributed by atoms with Crippen LogP contribution >= 0.6 is 11.6 Å². The van der Waals surface area contributed by atoms with Crippen LogP contribution in [0.2, 0.25) is 5.15 Å². The highest BCUT2D eigenvalue weighted by molar-refractivity contribution is 6.33. The van der Waals surface area contributed by atoms with Crippen molar-refractivity contribution in [3.8, 4) is 5.75 Å². The first-order valence-corrected chi connectivity index (χ1v) is 6.65. The lowest BCUT2D eigenvalue weighted by Crippen LogP contribution is -2.05. The van der Waals surface area contributed by atoms with Gasteiger partial charge >= 0.3 is 0 Å². The number of methoxy groups -OCH3 is 1. The van der Waals surface area contributed by atoms with Crippen LogP contribution in [-0.2, 0) is 6.54 Å². The molecule has 0 saturated carbocycles. The predicted molar refractivity (Wildman–Crippen MR) is 80.5 cm³/mol. The minimum Gasteiger partial charge on any atom is -0.497 e. The van der Waals surface area contributed by atoms with Gasteiger partial charge in [0.15, 0.2) is 10.8 Å². The van der Waals surface area contributed by atoms with Crippen molar-refractivity contribution < 1.29 is 4.74 Å². The molecule has 2 aromatic heterocycles. The van der Waals surface area contributed by atoms with E-state index in [4.69, 9.17) is 16.3 Å². The van der Waals surface area contributed by atoms with Crippen molar-refractivity contribution >= 4 is 28.7 Å². The van der Waals surface area contributed by atoms with Crippen LogP contribution in [-0.4, -0.2) is 27.0 Å². The maximum Gasteiger partial charge on any atom is 0.226 e. The number of hydrogen-bond donors (Lipinski definition) is 1. The summed E-state index contributed by atoms with van der Waals surface area (Å²) in [5.41, 5.74) is 2.04. The maximum atomic E-state index is 6.07. The van der Waals surface area contributed by atoms with Gasteiger partial charge in [-0.1, -0.05) is 23.7 Å². The molecule has 3 rings (SSSR count). The number of hydrogen-bond acceptors (Lipinski definition) is 6. The minimum atomic E-state index is 0.283. The van der Waals surface area contributed by atoms with Crippen molar-refractivity contribution in [3.63, 3.8) is 0 Å². The molecule has 0 aliphatic heterocycles. The number of ether oxygens (including phenoxy) is 1. The van der Waals surface area contributed by atoms with Gasteiger partial charge in [-0.25, -0.2) is 9.97 Å². The van der Waals surface area contributed by atoms with Gasteiger partial charge in [-0.05, 0) is 17.7 Å². The Labute approximate surface area is 126 Å². The summed E-state index contributed by atoms with van der Waals surface area (Å²) in [7, 11) is 1.64. The summed E-state index contributed by atoms with van der Waals surface area (Å²) in [6.07, 6.45) is 3.13. The zero-order valence-electron chi connectivity index (χ0n) is 11.2. The summed E-state index contributed by atoms with van der Waals surface area (Å²) in [4.78, 5) is 16.7. The molecule has 0 radical (unpaired) electrons. The van der Waals surface area contributed by atoms with Crippen molar-refractivity contribution in [1.29, 1.82) is 0 Å². The molecule has 0 bridgehead atoms. The van der Waals surface area contributed by atoms with E-state index in [2.05, 4.69) is 25.3 Å². The van der Waals surface area contributed by atoms with Gasteiger partial charge < -0.3 is 10.1 Å². The highest BCUT2D eigenvalue weighted by Gasteiger charge is 2.07. The first-order chi connectivity index (χ1) is 10.3. The Morgan fingerprint density at radius 1 is 1.10 bits per heavy atom. The number of aromatic nitrogens is 4. The van der Waals surface area contributed by atoms with Crippen molar-refractivity contribution in [2.24, 2.45) is 0 Å². The predicted octanol–water partition coefficient (Wildman–Crippen LogP) is 2.69. The Hall–Kier alpha value is -2.47. The fourth-order valence-corrected chi connectivity index (χ4v) is 2.05. The van der Waals surface area contributed by atoms with E-state index in [1.807, 2.05) is 24.3 Å². The van der Waals surface area contributed by atoms with E-state index >= 15 is 0 Å². The van der Waals surface area contributed by atoms with Gasteiger partial charge in [0.25, 0.3) is 0 Å². The summed E-state index contributed by atoms with van der Waals surface area (Å²) in [6.45, 7) is 0.575. The second-order valence-electron chi connectivity index (χ2n) is 4.27. The lowest BCUT2D eigenvalue weighted by molar-refractivity contribution is 0.414. The molecule has 0 atom stereocenters. The van der Waals surface area contributed by atoms with E-state index in [-0.39, 0.29) is 5.15 Å². The average molecular weight is 302 g/mol. The number of rotatable bonds is 4. The molecule has 0 unspecified atom stereocenters. The van der Waals surface area contributed by atoms with Crippen LogP contribution < -0.4 is 10.1 Å². The van der Waals surface area contributed by atoms with Gasteiger partial charge in [0.2, 0.25) is 5.95 Å². The molecule has 0 spiro atoms. The van der Waals surface area contributed by atoms with Crippen molar-refractivity contribution in [1.82, 2.24) is 19.9 Å². The van der Waals surface area contributed by atoms with Crippen LogP contribution in [0.3, 0.4) is 0 Å². The number of fused-ring (bicyclic) bond motifs is 1. The molecule has 1 N–H and O–H groups in total. The van der Waals surface area contributed by atoms with Crippen LogP contribution in [0.25, 0.3) is 11.2 Å². The first kappa shape index (κ1) is 13.5. The number of anilines is 1. The molecule has 0 fully saturated rings. The molecule has 7 heteroatoms. The fraction of sp³-hybridized carbons (Fsp3) is 0.143. The summed E-state index contributed by atoms with van der Waals surface area (Å²) in [5.74, 6) is 1.24. The van der Waals surface area contributed by atoms with E-state index in [0.717, 1.165) is 11.3 Å². The largest absolute Gasteiger partial charge is 0.497 e. The smallest absolute Gasteiger partial charge is 0.226 e. The molecule has 1 aromatic carbocycles. The Bertz CT molecular complexity index is 763. The number of benzene rings is 1. The van der Waals surface area contributed by atoms with E-state index in [1.165, 1.54) is 0 Å². The van der Waals surface area contributed by atoms with Crippen LogP contribution in [0.1, 0.15) is 5.56 Å². The van der Waals surface area contributed by atoms with Gasteiger partial charge in [-0.3, -0.25) is 0 Å². The Kier molecular flexibility index (Phi) is 3.79. The molecule has 0 aliphatic rings. The summed E-state index contributed by atoms with van der Waals surface area (Å²) in [5, 5.41) is 3.40. The molecule has 3 aromatic rings. The molecule has 0 saturated heterocycles. The van der Waals surface area contributed by atoms with Crippen LogP contribution in [0.15, 0.2) is 36.7 Å². The molecule has 0 amide bonds. The van der Waals surface area contributed by atoms with E-state index in [9.17, 15) is 0 Å². The second kappa shape index (κ2) is 5.88. The molecule has 21 heavy (non-hydrogen) atoms. The second-order valence-corrected chi connectivity index (χ2v) is 4.63. The zero-order chi connectivity index (χ0) is 14.7. The van der Waals surface area contributed by atoms with Gasteiger partial charge in [0.05, 0.1) is 7.11 Å². The van der Waals surface area contributed by atoms with Crippen LogP contribution in [0.5, 0.6) is 5.75 Å². The molecular formula is C14H12ClN5O. The molecular weight excluding hydrogens is 290 g/mol. The third-order valence-electron chi connectivity index (χ3n) is 2.90. The third-order valence-corrected chi connectivity index (χ3v) is 3.16. The first-order valence-electron chi connectivity index (χ1n) is 6.27. The highest BCUT2D eigenvalue weighted by Crippen LogP contribution is 2.18. The Morgan fingerprint density at radius 2 is 1.86 bits per heavy atom. The van der Waals surface area contributed by atoms with E-state index in [1.54, 1.807) is 19.5 Å². The minimum absolute atomic E-state index is 0.283. The standard InChI is InChI=1S/C14H12ClN5O/c1-21-10-4-2-9(3-5-10)8-18-14-19-12(15)11-13(20-14)17-7-6-16-11/h2-7H,8H2,1H3,(H,17,18,19,20). The van der Waals surface area contributed by atoms with Crippen LogP contribution in [0, 0.1) is 0 Å². The van der Waals surface area contributed by atoms with Gasteiger partial charge in [0, 0.05) is 18.9 Å². The summed E-state index contributed by atoms with van der Waals surface area (Å²) in [6, 6.07) is 7.73. The summed E-state index contributed by atoms with van der Waals surface area (Å²) < 4.78 is 5.12. The Balaban J connectivity index is 1.78. The molecule has 6 nitrogen and oxygen atoms in total.